The van der Waals surface area contributed by atoms with Gasteiger partial charge in [0.15, 0.2) is 0 Å². The molecule has 118 valence electrons. The molecule has 0 radical (unpaired) electrons. The zero-order valence-electron chi connectivity index (χ0n) is 13.3. The highest BCUT2D eigenvalue weighted by Gasteiger charge is 2.47. The van der Waals surface area contributed by atoms with Crippen molar-refractivity contribution in [1.29, 1.82) is 0 Å². The van der Waals surface area contributed by atoms with Gasteiger partial charge in [-0.05, 0) is 70.1 Å². The van der Waals surface area contributed by atoms with Crippen LogP contribution in [0.1, 0.15) is 65.7 Å². The van der Waals surface area contributed by atoms with Crippen molar-refractivity contribution >= 4 is 0 Å². The fourth-order valence-electron chi connectivity index (χ4n) is 4.27. The fourth-order valence-corrected chi connectivity index (χ4v) is 4.27. The van der Waals surface area contributed by atoms with Crippen LogP contribution in [0.25, 0.3) is 0 Å². The third-order valence-corrected chi connectivity index (χ3v) is 5.11. The molecule has 0 saturated heterocycles. The molecule has 2 fully saturated rings. The predicted molar refractivity (Wildman–Crippen MR) is 80.5 cm³/mol. The molecule has 0 aromatic carbocycles. The van der Waals surface area contributed by atoms with E-state index in [1.165, 1.54) is 12.8 Å². The number of hydrogen-bond donors (Lipinski definition) is 2. The molecule has 2 bridgehead atoms. The van der Waals surface area contributed by atoms with Crippen molar-refractivity contribution in [2.75, 3.05) is 6.61 Å². The SMILES string of the molecule is CCCC(O)CCOC1CC2CC1CC2CC(C)(C)O. The van der Waals surface area contributed by atoms with Crippen LogP contribution < -0.4 is 0 Å². The number of ether oxygens (including phenoxy) is 1. The Morgan fingerprint density at radius 2 is 1.90 bits per heavy atom. The highest BCUT2D eigenvalue weighted by atomic mass is 16.5. The quantitative estimate of drug-likeness (QED) is 0.720. The maximum atomic E-state index is 9.97. The number of aliphatic hydroxyl groups excluding tert-OH is 1. The van der Waals surface area contributed by atoms with Gasteiger partial charge < -0.3 is 14.9 Å². The fraction of sp³-hybridized carbons (Fsp3) is 1.00. The van der Waals surface area contributed by atoms with E-state index in [4.69, 9.17) is 4.74 Å². The molecule has 0 spiro atoms. The molecule has 0 amide bonds. The smallest absolute Gasteiger partial charge is 0.0606 e. The van der Waals surface area contributed by atoms with Crippen LogP contribution in [-0.4, -0.2) is 34.6 Å². The first-order chi connectivity index (χ1) is 9.39. The van der Waals surface area contributed by atoms with Gasteiger partial charge in [0, 0.05) is 6.61 Å². The normalized spacial score (nSPS) is 34.6. The lowest BCUT2D eigenvalue weighted by molar-refractivity contribution is -0.0194. The molecule has 0 heterocycles. The van der Waals surface area contributed by atoms with Gasteiger partial charge in [0.05, 0.1) is 17.8 Å². The van der Waals surface area contributed by atoms with Gasteiger partial charge in [-0.1, -0.05) is 13.3 Å². The summed E-state index contributed by atoms with van der Waals surface area (Å²) in [5.74, 6) is 2.12. The number of hydrogen-bond acceptors (Lipinski definition) is 3. The van der Waals surface area contributed by atoms with Gasteiger partial charge in [0.25, 0.3) is 0 Å². The molecule has 2 rings (SSSR count). The van der Waals surface area contributed by atoms with Gasteiger partial charge in [0.2, 0.25) is 0 Å². The Morgan fingerprint density at radius 1 is 1.15 bits per heavy atom. The van der Waals surface area contributed by atoms with Crippen molar-refractivity contribution in [3.05, 3.63) is 0 Å². The van der Waals surface area contributed by atoms with E-state index in [-0.39, 0.29) is 6.10 Å². The molecule has 0 aromatic rings. The van der Waals surface area contributed by atoms with E-state index >= 15 is 0 Å². The number of aliphatic hydroxyl groups is 2. The molecule has 2 aliphatic carbocycles. The van der Waals surface area contributed by atoms with Crippen LogP contribution in [0.2, 0.25) is 0 Å². The second-order valence-electron chi connectivity index (χ2n) is 7.64. The maximum Gasteiger partial charge on any atom is 0.0606 e. The van der Waals surface area contributed by atoms with E-state index in [0.717, 1.165) is 38.0 Å². The van der Waals surface area contributed by atoms with Crippen LogP contribution in [0, 0.1) is 17.8 Å². The molecule has 20 heavy (non-hydrogen) atoms. The second-order valence-corrected chi connectivity index (χ2v) is 7.64. The average Bonchev–Trinajstić information content (AvgIpc) is 2.86. The first kappa shape index (κ1) is 16.3. The molecule has 2 aliphatic rings. The lowest BCUT2D eigenvalue weighted by atomic mass is 9.80. The van der Waals surface area contributed by atoms with Crippen LogP contribution >= 0.6 is 0 Å². The van der Waals surface area contributed by atoms with Crippen molar-refractivity contribution < 1.29 is 14.9 Å². The second kappa shape index (κ2) is 6.76. The summed E-state index contributed by atoms with van der Waals surface area (Å²) in [6.07, 6.45) is 7.50. The summed E-state index contributed by atoms with van der Waals surface area (Å²) in [7, 11) is 0. The first-order valence-electron chi connectivity index (χ1n) is 8.41. The van der Waals surface area contributed by atoms with Gasteiger partial charge in [-0.25, -0.2) is 0 Å². The van der Waals surface area contributed by atoms with Crippen molar-refractivity contribution in [2.45, 2.75) is 83.5 Å². The average molecular weight is 284 g/mol. The molecule has 0 aromatic heterocycles. The molecule has 2 N–H and O–H groups in total. The van der Waals surface area contributed by atoms with Crippen LogP contribution in [0.15, 0.2) is 0 Å². The van der Waals surface area contributed by atoms with Crippen molar-refractivity contribution in [3.8, 4) is 0 Å². The Labute approximate surface area is 123 Å². The van der Waals surface area contributed by atoms with Crippen LogP contribution in [0.4, 0.5) is 0 Å². The van der Waals surface area contributed by atoms with Crippen molar-refractivity contribution in [1.82, 2.24) is 0 Å². The molecule has 2 saturated carbocycles. The topological polar surface area (TPSA) is 49.7 Å². The van der Waals surface area contributed by atoms with Crippen molar-refractivity contribution in [2.24, 2.45) is 17.8 Å². The van der Waals surface area contributed by atoms with E-state index < -0.39 is 5.60 Å². The van der Waals surface area contributed by atoms with E-state index in [2.05, 4.69) is 6.92 Å². The summed E-state index contributed by atoms with van der Waals surface area (Å²) in [5, 5.41) is 19.7. The Hall–Kier alpha value is -0.120. The molecule has 5 unspecified atom stereocenters. The largest absolute Gasteiger partial charge is 0.393 e. The lowest BCUT2D eigenvalue weighted by Gasteiger charge is -2.31. The third kappa shape index (κ3) is 4.44. The Kier molecular flexibility index (Phi) is 5.49. The summed E-state index contributed by atoms with van der Waals surface area (Å²) in [4.78, 5) is 0. The van der Waals surface area contributed by atoms with E-state index in [9.17, 15) is 10.2 Å². The summed E-state index contributed by atoms with van der Waals surface area (Å²) in [5.41, 5.74) is -0.532. The molecule has 5 atom stereocenters. The predicted octanol–water partition coefficient (Wildman–Crippen LogP) is 3.13. The molecular weight excluding hydrogens is 252 g/mol. The maximum absolute atomic E-state index is 9.97. The number of rotatable bonds is 8. The highest BCUT2D eigenvalue weighted by Crippen LogP contribution is 2.51. The van der Waals surface area contributed by atoms with E-state index in [0.29, 0.717) is 24.5 Å². The van der Waals surface area contributed by atoms with Crippen LogP contribution in [0.3, 0.4) is 0 Å². The standard InChI is InChI=1S/C17H32O3/c1-4-5-15(18)6-7-20-16-10-12-8-13(16)9-14(12)11-17(2,3)19/h12-16,18-19H,4-11H2,1-3H3. The monoisotopic (exact) mass is 284 g/mol. The van der Waals surface area contributed by atoms with Crippen LogP contribution in [0.5, 0.6) is 0 Å². The lowest BCUT2D eigenvalue weighted by Crippen LogP contribution is -2.30. The first-order valence-corrected chi connectivity index (χ1v) is 8.41. The van der Waals surface area contributed by atoms with Gasteiger partial charge in [-0.3, -0.25) is 0 Å². The Morgan fingerprint density at radius 3 is 2.45 bits per heavy atom. The summed E-state index contributed by atoms with van der Waals surface area (Å²) >= 11 is 0. The zero-order valence-corrected chi connectivity index (χ0v) is 13.3. The molecule has 3 heteroatoms. The molecular formula is C17H32O3. The molecule has 3 nitrogen and oxygen atoms in total. The van der Waals surface area contributed by atoms with Gasteiger partial charge >= 0.3 is 0 Å². The minimum absolute atomic E-state index is 0.193. The number of fused-ring (bicyclic) bond motifs is 2. The van der Waals surface area contributed by atoms with Crippen molar-refractivity contribution in [3.63, 3.8) is 0 Å². The summed E-state index contributed by atoms with van der Waals surface area (Å²) in [6.45, 7) is 6.64. The minimum atomic E-state index is -0.532. The Balaban J connectivity index is 1.67. The van der Waals surface area contributed by atoms with Gasteiger partial charge in [-0.15, -0.1) is 0 Å². The van der Waals surface area contributed by atoms with Crippen LogP contribution in [-0.2, 0) is 4.74 Å². The summed E-state index contributed by atoms with van der Waals surface area (Å²) in [6, 6.07) is 0. The minimum Gasteiger partial charge on any atom is -0.393 e. The van der Waals surface area contributed by atoms with Gasteiger partial charge in [0.1, 0.15) is 0 Å². The van der Waals surface area contributed by atoms with E-state index in [1.807, 2.05) is 13.8 Å². The highest BCUT2D eigenvalue weighted by molar-refractivity contribution is 4.97. The zero-order chi connectivity index (χ0) is 14.8. The Bertz CT molecular complexity index is 297. The molecule has 0 aliphatic heterocycles. The van der Waals surface area contributed by atoms with E-state index in [1.54, 1.807) is 0 Å². The third-order valence-electron chi connectivity index (χ3n) is 5.11. The van der Waals surface area contributed by atoms with Gasteiger partial charge in [-0.2, -0.15) is 0 Å². The summed E-state index contributed by atoms with van der Waals surface area (Å²) < 4.78 is 6.01.